The average Bonchev–Trinajstić information content (AvgIpc) is 3.46. The Hall–Kier alpha value is -3.47. The molecule has 2 bridgehead atoms. The third kappa shape index (κ3) is 4.92. The van der Waals surface area contributed by atoms with Gasteiger partial charge in [-0.15, -0.1) is 0 Å². The van der Waals surface area contributed by atoms with E-state index in [0.717, 1.165) is 42.5 Å². The van der Waals surface area contributed by atoms with Gasteiger partial charge in [-0.25, -0.2) is 4.98 Å². The van der Waals surface area contributed by atoms with Crippen LogP contribution >= 0.6 is 23.4 Å². The standard InChI is InChI=1S/C29H24ClN3O3S/c30-25-5-2-6-26-27(25)36-29(32-26)37-17-18-7-9-20(10-8-18)28(34)33-21-11-12-22(33)15-24(14-21)35-23-4-1-3-19(13-23)16-31/h1-10,13,21-22,24H,11-12,14-15,17H2. The topological polar surface area (TPSA) is 79.4 Å². The molecule has 2 saturated heterocycles. The van der Waals surface area contributed by atoms with E-state index < -0.39 is 0 Å². The summed E-state index contributed by atoms with van der Waals surface area (Å²) in [7, 11) is 0. The summed E-state index contributed by atoms with van der Waals surface area (Å²) in [5.74, 6) is 1.49. The Morgan fingerprint density at radius 3 is 2.59 bits per heavy atom. The molecule has 0 N–H and O–H groups in total. The van der Waals surface area contributed by atoms with Gasteiger partial charge in [-0.3, -0.25) is 4.79 Å². The van der Waals surface area contributed by atoms with E-state index in [1.165, 1.54) is 11.8 Å². The van der Waals surface area contributed by atoms with Gasteiger partial charge in [-0.2, -0.15) is 5.26 Å². The van der Waals surface area contributed by atoms with E-state index in [1.807, 2.05) is 48.5 Å². The zero-order chi connectivity index (χ0) is 25.4. The molecule has 3 heterocycles. The first-order valence-corrected chi connectivity index (χ1v) is 13.7. The van der Waals surface area contributed by atoms with Crippen LogP contribution in [0.5, 0.6) is 5.75 Å². The van der Waals surface area contributed by atoms with Gasteiger partial charge in [0.15, 0.2) is 5.58 Å². The molecule has 1 amide bonds. The average molecular weight is 530 g/mol. The molecule has 1 aromatic heterocycles. The number of aromatic nitrogens is 1. The maximum Gasteiger partial charge on any atom is 0.257 e. The summed E-state index contributed by atoms with van der Waals surface area (Å²) in [5.41, 5.74) is 3.74. The zero-order valence-electron chi connectivity index (χ0n) is 20.0. The van der Waals surface area contributed by atoms with Crippen molar-refractivity contribution in [3.8, 4) is 11.8 Å². The van der Waals surface area contributed by atoms with Crippen LogP contribution in [0.2, 0.25) is 5.02 Å². The molecule has 0 spiro atoms. The first-order valence-electron chi connectivity index (χ1n) is 12.3. The molecule has 37 heavy (non-hydrogen) atoms. The Morgan fingerprint density at radius 2 is 1.86 bits per heavy atom. The molecule has 0 saturated carbocycles. The van der Waals surface area contributed by atoms with Crippen LogP contribution in [0.4, 0.5) is 0 Å². The summed E-state index contributed by atoms with van der Waals surface area (Å²) in [6.45, 7) is 0. The van der Waals surface area contributed by atoms with Crippen molar-refractivity contribution in [3.63, 3.8) is 0 Å². The largest absolute Gasteiger partial charge is 0.490 e. The van der Waals surface area contributed by atoms with E-state index in [2.05, 4.69) is 16.0 Å². The van der Waals surface area contributed by atoms with Crippen LogP contribution in [-0.2, 0) is 5.75 Å². The molecule has 6 rings (SSSR count). The Labute approximate surface area is 224 Å². The van der Waals surface area contributed by atoms with Crippen LogP contribution < -0.4 is 4.74 Å². The number of fused-ring (bicyclic) bond motifs is 3. The molecule has 0 aliphatic carbocycles. The van der Waals surface area contributed by atoms with Crippen LogP contribution in [0.25, 0.3) is 11.1 Å². The highest BCUT2D eigenvalue weighted by Gasteiger charge is 2.44. The minimum Gasteiger partial charge on any atom is -0.490 e. The predicted molar refractivity (Wildman–Crippen MR) is 143 cm³/mol. The second-order valence-corrected chi connectivity index (χ2v) is 10.8. The maximum atomic E-state index is 13.4. The lowest BCUT2D eigenvalue weighted by atomic mass is 9.98. The number of hydrogen-bond donors (Lipinski definition) is 0. The summed E-state index contributed by atoms with van der Waals surface area (Å²) in [6.07, 6.45) is 3.66. The number of carbonyl (C=O) groups excluding carboxylic acids is 1. The Balaban J connectivity index is 1.08. The van der Waals surface area contributed by atoms with Crippen molar-refractivity contribution in [2.24, 2.45) is 0 Å². The lowest BCUT2D eigenvalue weighted by Crippen LogP contribution is -2.49. The van der Waals surface area contributed by atoms with Crippen LogP contribution in [0.15, 0.2) is 76.4 Å². The van der Waals surface area contributed by atoms with Crippen molar-refractivity contribution in [1.29, 1.82) is 5.26 Å². The van der Waals surface area contributed by atoms with Gasteiger partial charge >= 0.3 is 0 Å². The number of para-hydroxylation sites is 1. The van der Waals surface area contributed by atoms with Gasteiger partial charge in [0.2, 0.25) is 0 Å². The van der Waals surface area contributed by atoms with Gasteiger partial charge in [0.05, 0.1) is 16.7 Å². The first kappa shape index (κ1) is 23.9. The quantitative estimate of drug-likeness (QED) is 0.254. The van der Waals surface area contributed by atoms with Gasteiger partial charge in [-0.05, 0) is 60.9 Å². The van der Waals surface area contributed by atoms with Crippen molar-refractivity contribution in [2.75, 3.05) is 0 Å². The number of piperidine rings is 1. The van der Waals surface area contributed by atoms with Crippen molar-refractivity contribution in [3.05, 3.63) is 88.4 Å². The first-order chi connectivity index (χ1) is 18.1. The monoisotopic (exact) mass is 529 g/mol. The van der Waals surface area contributed by atoms with E-state index in [1.54, 1.807) is 18.2 Å². The van der Waals surface area contributed by atoms with Crippen molar-refractivity contribution in [2.45, 2.75) is 54.8 Å². The van der Waals surface area contributed by atoms with E-state index in [9.17, 15) is 4.79 Å². The number of ether oxygens (including phenoxy) is 1. The summed E-state index contributed by atoms with van der Waals surface area (Å²) in [6, 6.07) is 23.1. The summed E-state index contributed by atoms with van der Waals surface area (Å²) < 4.78 is 12.0. The molecule has 2 atom stereocenters. The Morgan fingerprint density at radius 1 is 1.11 bits per heavy atom. The molecule has 2 aliphatic heterocycles. The van der Waals surface area contributed by atoms with Crippen molar-refractivity contribution < 1.29 is 13.9 Å². The zero-order valence-corrected chi connectivity index (χ0v) is 21.5. The Kier molecular flexibility index (Phi) is 6.54. The number of hydrogen-bond acceptors (Lipinski definition) is 6. The second kappa shape index (κ2) is 10.1. The fourth-order valence-electron chi connectivity index (χ4n) is 5.38. The third-order valence-electron chi connectivity index (χ3n) is 7.10. The van der Waals surface area contributed by atoms with Crippen LogP contribution in [-0.4, -0.2) is 34.0 Å². The number of nitriles is 1. The van der Waals surface area contributed by atoms with Gasteiger partial charge in [0, 0.05) is 36.2 Å². The molecule has 3 aromatic carbocycles. The Bertz CT molecular complexity index is 1480. The van der Waals surface area contributed by atoms with Crippen molar-refractivity contribution in [1.82, 2.24) is 9.88 Å². The normalized spacial score (nSPS) is 20.6. The molecule has 6 nitrogen and oxygen atoms in total. The predicted octanol–water partition coefficient (Wildman–Crippen LogP) is 6.86. The van der Waals surface area contributed by atoms with Crippen LogP contribution in [0, 0.1) is 11.3 Å². The molecule has 2 unspecified atom stereocenters. The number of carbonyl (C=O) groups is 1. The summed E-state index contributed by atoms with van der Waals surface area (Å²) in [4.78, 5) is 20.0. The smallest absolute Gasteiger partial charge is 0.257 e. The highest BCUT2D eigenvalue weighted by Crippen LogP contribution is 2.38. The van der Waals surface area contributed by atoms with Gasteiger partial charge < -0.3 is 14.1 Å². The van der Waals surface area contributed by atoms with E-state index in [0.29, 0.717) is 32.7 Å². The number of benzene rings is 3. The highest BCUT2D eigenvalue weighted by atomic mass is 35.5. The molecular formula is C29H24ClN3O3S. The molecular weight excluding hydrogens is 506 g/mol. The summed E-state index contributed by atoms with van der Waals surface area (Å²) >= 11 is 7.68. The van der Waals surface area contributed by atoms with Crippen LogP contribution in [0.3, 0.4) is 0 Å². The SMILES string of the molecule is N#Cc1cccc(OC2CC3CCC(C2)N3C(=O)c2ccc(CSc3nc4cccc(Cl)c4o3)cc2)c1. The molecule has 186 valence electrons. The number of amides is 1. The lowest BCUT2D eigenvalue weighted by Gasteiger charge is -2.39. The fourth-order valence-corrected chi connectivity index (χ4v) is 6.38. The minimum atomic E-state index is 0.0524. The van der Waals surface area contributed by atoms with Gasteiger partial charge in [0.25, 0.3) is 11.1 Å². The number of halogens is 1. The highest BCUT2D eigenvalue weighted by molar-refractivity contribution is 7.98. The van der Waals surface area contributed by atoms with E-state index in [-0.39, 0.29) is 24.1 Å². The minimum absolute atomic E-state index is 0.0524. The molecule has 8 heteroatoms. The summed E-state index contributed by atoms with van der Waals surface area (Å²) in [5, 5.41) is 10.3. The van der Waals surface area contributed by atoms with E-state index >= 15 is 0 Å². The number of rotatable bonds is 6. The molecule has 4 aromatic rings. The maximum absolute atomic E-state index is 13.4. The number of nitrogens with zero attached hydrogens (tertiary/aromatic N) is 3. The lowest BCUT2D eigenvalue weighted by molar-refractivity contribution is 0.0359. The van der Waals surface area contributed by atoms with Crippen molar-refractivity contribution >= 4 is 40.4 Å². The van der Waals surface area contributed by atoms with E-state index in [4.69, 9.17) is 26.0 Å². The third-order valence-corrected chi connectivity index (χ3v) is 8.30. The fraction of sp³-hybridized carbons (Fsp3) is 0.276. The molecule has 2 fully saturated rings. The number of thioether (sulfide) groups is 1. The van der Waals surface area contributed by atoms with Gasteiger partial charge in [-0.1, -0.05) is 47.6 Å². The number of oxazole rings is 1. The van der Waals surface area contributed by atoms with Crippen LogP contribution in [0.1, 0.15) is 47.2 Å². The molecule has 0 radical (unpaired) electrons. The molecule has 2 aliphatic rings. The van der Waals surface area contributed by atoms with Gasteiger partial charge in [0.1, 0.15) is 17.4 Å². The second-order valence-electron chi connectivity index (χ2n) is 9.50.